The van der Waals surface area contributed by atoms with Crippen LogP contribution in [0.25, 0.3) is 0 Å². The molecule has 3 N–H and O–H groups in total. The highest BCUT2D eigenvalue weighted by Crippen LogP contribution is 2.25. The molecule has 8 heteroatoms. The first-order valence-electron chi connectivity index (χ1n) is 10.2. The van der Waals surface area contributed by atoms with Crippen LogP contribution in [0.5, 0.6) is 5.75 Å². The molecular formula is C21H30N4O3S. The second kappa shape index (κ2) is 10.0. The number of hydrogen-bond donors (Lipinski definition) is 3. The van der Waals surface area contributed by atoms with E-state index in [9.17, 15) is 15.0 Å². The molecule has 0 bridgehead atoms. The summed E-state index contributed by atoms with van der Waals surface area (Å²) in [4.78, 5) is 21.3. The standard InChI is InChI=1S/C21H30N4O3S/c1-3-4-7-22-20(28)17-12-16(5-6-18(17)26)19(27)13-24-8-10-25(11-9-24)21-23-15(2)14-29-21/h5-6,12,14,19,26-27H,3-4,7-11,13H2,1-2H3,(H,22,28). The number of aromatic hydroxyl groups is 1. The predicted molar refractivity (Wildman–Crippen MR) is 116 cm³/mol. The summed E-state index contributed by atoms with van der Waals surface area (Å²) < 4.78 is 0. The number of aliphatic hydroxyl groups excluding tert-OH is 1. The lowest BCUT2D eigenvalue weighted by Gasteiger charge is -2.35. The van der Waals surface area contributed by atoms with Crippen LogP contribution in [-0.4, -0.2) is 65.3 Å². The van der Waals surface area contributed by atoms with Gasteiger partial charge in [-0.05, 0) is 31.0 Å². The van der Waals surface area contributed by atoms with E-state index in [0.29, 0.717) is 18.7 Å². The quantitative estimate of drug-likeness (QED) is 0.571. The van der Waals surface area contributed by atoms with Crippen LogP contribution in [0.4, 0.5) is 5.13 Å². The number of rotatable bonds is 8. The van der Waals surface area contributed by atoms with Gasteiger partial charge in [0.05, 0.1) is 17.4 Å². The van der Waals surface area contributed by atoms with Gasteiger partial charge >= 0.3 is 0 Å². The number of carbonyl (C=O) groups excluding carboxylic acids is 1. The minimum atomic E-state index is -0.716. The Bertz CT molecular complexity index is 818. The molecule has 29 heavy (non-hydrogen) atoms. The van der Waals surface area contributed by atoms with Crippen LogP contribution in [0.3, 0.4) is 0 Å². The van der Waals surface area contributed by atoms with Gasteiger partial charge in [-0.3, -0.25) is 9.69 Å². The molecule has 1 atom stereocenters. The van der Waals surface area contributed by atoms with E-state index in [0.717, 1.165) is 49.8 Å². The van der Waals surface area contributed by atoms with Gasteiger partial charge in [-0.15, -0.1) is 11.3 Å². The van der Waals surface area contributed by atoms with Gasteiger partial charge < -0.3 is 20.4 Å². The van der Waals surface area contributed by atoms with Gasteiger partial charge in [0, 0.05) is 44.6 Å². The first-order valence-corrected chi connectivity index (χ1v) is 11.0. The van der Waals surface area contributed by atoms with Gasteiger partial charge in [0.1, 0.15) is 5.75 Å². The number of anilines is 1. The smallest absolute Gasteiger partial charge is 0.255 e. The average molecular weight is 419 g/mol. The molecule has 1 aliphatic rings. The number of aromatic nitrogens is 1. The summed E-state index contributed by atoms with van der Waals surface area (Å²) in [5.41, 5.74) is 1.90. The van der Waals surface area contributed by atoms with Crippen molar-refractivity contribution in [2.45, 2.75) is 32.8 Å². The number of β-amino-alcohol motifs (C(OH)–C–C–N with tert-alkyl or cyclic N) is 1. The van der Waals surface area contributed by atoms with Crippen LogP contribution in [0.15, 0.2) is 23.6 Å². The molecule has 1 unspecified atom stereocenters. The minimum Gasteiger partial charge on any atom is -0.507 e. The normalized spacial score (nSPS) is 16.0. The summed E-state index contributed by atoms with van der Waals surface area (Å²) in [7, 11) is 0. The van der Waals surface area contributed by atoms with Gasteiger partial charge in [-0.25, -0.2) is 4.98 Å². The average Bonchev–Trinajstić information content (AvgIpc) is 3.15. The number of amides is 1. The monoisotopic (exact) mass is 418 g/mol. The Balaban J connectivity index is 1.56. The number of benzene rings is 1. The zero-order chi connectivity index (χ0) is 20.8. The summed E-state index contributed by atoms with van der Waals surface area (Å²) in [6.07, 6.45) is 1.16. The Morgan fingerprint density at radius 1 is 1.31 bits per heavy atom. The van der Waals surface area contributed by atoms with Gasteiger partial charge in [0.15, 0.2) is 5.13 Å². The molecule has 1 fully saturated rings. The number of phenolic OH excluding ortho intramolecular Hbond substituents is 1. The minimum absolute atomic E-state index is 0.0673. The maximum atomic E-state index is 12.3. The van der Waals surface area contributed by atoms with Crippen molar-refractivity contribution in [2.24, 2.45) is 0 Å². The maximum absolute atomic E-state index is 12.3. The third kappa shape index (κ3) is 5.68. The Kier molecular flexibility index (Phi) is 7.46. The molecule has 7 nitrogen and oxygen atoms in total. The molecule has 0 spiro atoms. The lowest BCUT2D eigenvalue weighted by molar-refractivity contribution is 0.0948. The molecule has 158 valence electrons. The second-order valence-electron chi connectivity index (χ2n) is 7.46. The molecule has 1 aromatic heterocycles. The van der Waals surface area contributed by atoms with Crippen molar-refractivity contribution >= 4 is 22.4 Å². The van der Waals surface area contributed by atoms with Gasteiger partial charge in [0.2, 0.25) is 0 Å². The molecule has 1 amide bonds. The molecular weight excluding hydrogens is 388 g/mol. The number of aliphatic hydroxyl groups is 1. The number of thiazole rings is 1. The Hall–Kier alpha value is -2.16. The van der Waals surface area contributed by atoms with Crippen molar-refractivity contribution in [1.82, 2.24) is 15.2 Å². The van der Waals surface area contributed by atoms with Crippen molar-refractivity contribution < 1.29 is 15.0 Å². The Morgan fingerprint density at radius 3 is 2.72 bits per heavy atom. The number of carbonyl (C=O) groups is 1. The lowest BCUT2D eigenvalue weighted by Crippen LogP contribution is -2.47. The molecule has 2 aromatic rings. The summed E-state index contributed by atoms with van der Waals surface area (Å²) in [5, 5.41) is 26.7. The van der Waals surface area contributed by atoms with E-state index >= 15 is 0 Å². The van der Waals surface area contributed by atoms with Gasteiger partial charge in [0.25, 0.3) is 5.91 Å². The number of nitrogens with one attached hydrogen (secondary N) is 1. The summed E-state index contributed by atoms with van der Waals surface area (Å²) in [5.74, 6) is -0.375. The highest BCUT2D eigenvalue weighted by Gasteiger charge is 2.22. The maximum Gasteiger partial charge on any atom is 0.255 e. The fourth-order valence-electron chi connectivity index (χ4n) is 3.38. The number of aryl methyl sites for hydroxylation is 1. The molecule has 0 aliphatic carbocycles. The predicted octanol–water partition coefficient (Wildman–Crippen LogP) is 2.54. The van der Waals surface area contributed by atoms with Crippen molar-refractivity contribution in [1.29, 1.82) is 0 Å². The van der Waals surface area contributed by atoms with E-state index in [-0.39, 0.29) is 17.2 Å². The topological polar surface area (TPSA) is 88.9 Å². The molecule has 0 saturated carbocycles. The van der Waals surface area contributed by atoms with Crippen LogP contribution in [0.1, 0.15) is 47.5 Å². The fraction of sp³-hybridized carbons (Fsp3) is 0.524. The van der Waals surface area contributed by atoms with Gasteiger partial charge in [-0.1, -0.05) is 19.4 Å². The number of piperazine rings is 1. The van der Waals surface area contributed by atoms with Crippen molar-refractivity contribution in [3.05, 3.63) is 40.4 Å². The van der Waals surface area contributed by atoms with Crippen LogP contribution in [0, 0.1) is 6.92 Å². The SMILES string of the molecule is CCCCNC(=O)c1cc(C(O)CN2CCN(c3nc(C)cs3)CC2)ccc1O. The van der Waals surface area contributed by atoms with E-state index in [1.165, 1.54) is 6.07 Å². The second-order valence-corrected chi connectivity index (χ2v) is 8.30. The van der Waals surface area contributed by atoms with Crippen LogP contribution in [0.2, 0.25) is 0 Å². The number of phenols is 1. The number of unbranched alkanes of at least 4 members (excludes halogenated alkanes) is 1. The summed E-state index contributed by atoms with van der Waals surface area (Å²) >= 11 is 1.67. The van der Waals surface area contributed by atoms with Crippen LogP contribution >= 0.6 is 11.3 Å². The van der Waals surface area contributed by atoms with Crippen molar-refractivity contribution in [3.8, 4) is 5.75 Å². The van der Waals surface area contributed by atoms with E-state index in [4.69, 9.17) is 0 Å². The highest BCUT2D eigenvalue weighted by molar-refractivity contribution is 7.13. The molecule has 1 aliphatic heterocycles. The van der Waals surface area contributed by atoms with Crippen molar-refractivity contribution in [2.75, 3.05) is 44.2 Å². The largest absolute Gasteiger partial charge is 0.507 e. The lowest BCUT2D eigenvalue weighted by atomic mass is 10.0. The fourth-order valence-corrected chi connectivity index (χ4v) is 4.23. The van der Waals surface area contributed by atoms with E-state index in [1.807, 2.05) is 6.92 Å². The third-order valence-corrected chi connectivity index (χ3v) is 6.17. The van der Waals surface area contributed by atoms with Crippen molar-refractivity contribution in [3.63, 3.8) is 0 Å². The van der Waals surface area contributed by atoms with E-state index < -0.39 is 6.10 Å². The number of nitrogens with zero attached hydrogens (tertiary/aromatic N) is 3. The van der Waals surface area contributed by atoms with E-state index in [2.05, 4.69) is 32.4 Å². The first kappa shape index (κ1) is 21.5. The zero-order valence-corrected chi connectivity index (χ0v) is 17.9. The number of hydrogen-bond acceptors (Lipinski definition) is 7. The Labute approximate surface area is 176 Å². The molecule has 1 saturated heterocycles. The molecule has 0 radical (unpaired) electrons. The van der Waals surface area contributed by atoms with Crippen LogP contribution < -0.4 is 10.2 Å². The first-order chi connectivity index (χ1) is 14.0. The summed E-state index contributed by atoms with van der Waals surface area (Å²) in [6, 6.07) is 4.75. The zero-order valence-electron chi connectivity index (χ0n) is 17.1. The summed E-state index contributed by atoms with van der Waals surface area (Å²) in [6.45, 7) is 8.56. The highest BCUT2D eigenvalue weighted by atomic mass is 32.1. The molecule has 1 aromatic carbocycles. The van der Waals surface area contributed by atoms with E-state index in [1.54, 1.807) is 23.5 Å². The van der Waals surface area contributed by atoms with Crippen LogP contribution in [-0.2, 0) is 0 Å². The van der Waals surface area contributed by atoms with Gasteiger partial charge in [-0.2, -0.15) is 0 Å². The third-order valence-electron chi connectivity index (χ3n) is 5.15. The molecule has 3 rings (SSSR count). The molecule has 2 heterocycles. The Morgan fingerprint density at radius 2 is 2.07 bits per heavy atom.